The molecule has 1 aliphatic heterocycles. The van der Waals surface area contributed by atoms with Crippen molar-refractivity contribution in [3.63, 3.8) is 0 Å². The second kappa shape index (κ2) is 7.66. The van der Waals surface area contributed by atoms with Crippen LogP contribution in [0.4, 0.5) is 10.1 Å². The van der Waals surface area contributed by atoms with Gasteiger partial charge in [0.25, 0.3) is 0 Å². The van der Waals surface area contributed by atoms with Crippen LogP contribution >= 0.6 is 0 Å². The van der Waals surface area contributed by atoms with Crippen molar-refractivity contribution in [2.75, 3.05) is 32.1 Å². The SMILES string of the molecule is COc1ccc(CN(C)CC(=O)N2CCCc3ccccc32)cc1F. The normalized spacial score (nSPS) is 13.7. The molecule has 0 aromatic heterocycles. The Morgan fingerprint density at radius 3 is 2.84 bits per heavy atom. The molecule has 0 saturated heterocycles. The van der Waals surface area contributed by atoms with Crippen molar-refractivity contribution < 1.29 is 13.9 Å². The maximum absolute atomic E-state index is 13.8. The molecule has 3 rings (SSSR count). The van der Waals surface area contributed by atoms with E-state index in [1.807, 2.05) is 41.1 Å². The first-order chi connectivity index (χ1) is 12.1. The van der Waals surface area contributed by atoms with Gasteiger partial charge in [-0.25, -0.2) is 4.39 Å². The number of nitrogens with zero attached hydrogens (tertiary/aromatic N) is 2. The molecule has 2 aromatic rings. The third-order valence-electron chi connectivity index (χ3n) is 4.49. The quantitative estimate of drug-likeness (QED) is 0.836. The second-order valence-electron chi connectivity index (χ2n) is 6.42. The highest BCUT2D eigenvalue weighted by molar-refractivity contribution is 5.95. The summed E-state index contributed by atoms with van der Waals surface area (Å²) in [7, 11) is 3.31. The van der Waals surface area contributed by atoms with E-state index in [4.69, 9.17) is 4.74 Å². The van der Waals surface area contributed by atoms with E-state index in [2.05, 4.69) is 6.07 Å². The molecular formula is C20H23FN2O2. The van der Waals surface area contributed by atoms with Gasteiger partial charge in [0.15, 0.2) is 11.6 Å². The van der Waals surface area contributed by atoms with Gasteiger partial charge >= 0.3 is 0 Å². The molecule has 0 N–H and O–H groups in total. The number of hydrogen-bond donors (Lipinski definition) is 0. The van der Waals surface area contributed by atoms with Gasteiger partial charge in [-0.15, -0.1) is 0 Å². The minimum absolute atomic E-state index is 0.0728. The average molecular weight is 342 g/mol. The Balaban J connectivity index is 1.64. The van der Waals surface area contributed by atoms with E-state index in [1.54, 1.807) is 6.07 Å². The molecule has 2 aromatic carbocycles. The maximum Gasteiger partial charge on any atom is 0.241 e. The maximum atomic E-state index is 13.8. The zero-order chi connectivity index (χ0) is 17.8. The number of methoxy groups -OCH3 is 1. The molecule has 0 saturated carbocycles. The highest BCUT2D eigenvalue weighted by atomic mass is 19.1. The number of carbonyl (C=O) groups is 1. The van der Waals surface area contributed by atoms with E-state index < -0.39 is 0 Å². The number of likely N-dealkylation sites (N-methyl/N-ethyl adjacent to an activating group) is 1. The van der Waals surface area contributed by atoms with Crippen molar-refractivity contribution >= 4 is 11.6 Å². The Morgan fingerprint density at radius 1 is 1.28 bits per heavy atom. The first kappa shape index (κ1) is 17.4. The Labute approximate surface area is 147 Å². The summed E-state index contributed by atoms with van der Waals surface area (Å²) in [5.74, 6) is -0.0827. The number of carbonyl (C=O) groups excluding carboxylic acids is 1. The van der Waals surface area contributed by atoms with Gasteiger partial charge in [-0.2, -0.15) is 0 Å². The van der Waals surface area contributed by atoms with Crippen LogP contribution in [0.25, 0.3) is 0 Å². The summed E-state index contributed by atoms with van der Waals surface area (Å²) in [6.45, 7) is 1.55. The Morgan fingerprint density at radius 2 is 2.08 bits per heavy atom. The Bertz CT molecular complexity index is 763. The van der Waals surface area contributed by atoms with Gasteiger partial charge in [-0.3, -0.25) is 9.69 Å². The molecule has 1 heterocycles. The lowest BCUT2D eigenvalue weighted by atomic mass is 10.0. The number of anilines is 1. The van der Waals surface area contributed by atoms with E-state index >= 15 is 0 Å². The molecule has 0 aliphatic carbocycles. The molecule has 0 spiro atoms. The molecular weight excluding hydrogens is 319 g/mol. The van der Waals surface area contributed by atoms with E-state index in [-0.39, 0.29) is 17.5 Å². The molecule has 0 unspecified atom stereocenters. The van der Waals surface area contributed by atoms with Crippen LogP contribution in [0.2, 0.25) is 0 Å². The fourth-order valence-corrected chi connectivity index (χ4v) is 3.28. The van der Waals surface area contributed by atoms with Gasteiger partial charge in [0, 0.05) is 18.8 Å². The average Bonchev–Trinajstić information content (AvgIpc) is 2.61. The molecule has 0 radical (unpaired) electrons. The molecule has 132 valence electrons. The predicted octanol–water partition coefficient (Wildman–Crippen LogP) is 3.25. The lowest BCUT2D eigenvalue weighted by Crippen LogP contribution is -2.41. The third-order valence-corrected chi connectivity index (χ3v) is 4.49. The summed E-state index contributed by atoms with van der Waals surface area (Å²) in [6.07, 6.45) is 2.00. The molecule has 1 aliphatic rings. The van der Waals surface area contributed by atoms with Gasteiger partial charge in [-0.1, -0.05) is 24.3 Å². The molecule has 0 atom stereocenters. The standard InChI is InChI=1S/C20H23FN2O2/c1-22(13-15-9-10-19(25-2)17(21)12-15)14-20(24)23-11-5-7-16-6-3-4-8-18(16)23/h3-4,6,8-10,12H,5,7,11,13-14H2,1-2H3. The zero-order valence-corrected chi connectivity index (χ0v) is 14.7. The summed E-state index contributed by atoms with van der Waals surface area (Å²) < 4.78 is 18.7. The zero-order valence-electron chi connectivity index (χ0n) is 14.7. The number of rotatable bonds is 5. The van der Waals surface area contributed by atoms with E-state index in [9.17, 15) is 9.18 Å². The highest BCUT2D eigenvalue weighted by Crippen LogP contribution is 2.27. The number of aryl methyl sites for hydroxylation is 1. The van der Waals surface area contributed by atoms with Crippen molar-refractivity contribution in [3.05, 3.63) is 59.4 Å². The van der Waals surface area contributed by atoms with Crippen LogP contribution in [0.5, 0.6) is 5.75 Å². The third kappa shape index (κ3) is 3.99. The highest BCUT2D eigenvalue weighted by Gasteiger charge is 2.22. The predicted molar refractivity (Wildman–Crippen MR) is 96.4 cm³/mol. The van der Waals surface area contributed by atoms with Gasteiger partial charge in [0.05, 0.1) is 13.7 Å². The van der Waals surface area contributed by atoms with Crippen LogP contribution in [0.15, 0.2) is 42.5 Å². The van der Waals surface area contributed by atoms with Gasteiger partial charge in [0.2, 0.25) is 5.91 Å². The van der Waals surface area contributed by atoms with Crippen molar-refractivity contribution in [1.82, 2.24) is 4.90 Å². The topological polar surface area (TPSA) is 32.8 Å². The van der Waals surface area contributed by atoms with Crippen LogP contribution in [0.3, 0.4) is 0 Å². The molecule has 1 amide bonds. The van der Waals surface area contributed by atoms with Crippen molar-refractivity contribution in [1.29, 1.82) is 0 Å². The minimum atomic E-state index is -0.385. The number of para-hydroxylation sites is 1. The van der Waals surface area contributed by atoms with Crippen molar-refractivity contribution in [3.8, 4) is 5.75 Å². The molecule has 25 heavy (non-hydrogen) atoms. The van der Waals surface area contributed by atoms with Crippen LogP contribution in [0, 0.1) is 5.82 Å². The number of fused-ring (bicyclic) bond motifs is 1. The number of ether oxygens (including phenoxy) is 1. The van der Waals surface area contributed by atoms with Crippen molar-refractivity contribution in [2.24, 2.45) is 0 Å². The first-order valence-electron chi connectivity index (χ1n) is 8.47. The second-order valence-corrected chi connectivity index (χ2v) is 6.42. The lowest BCUT2D eigenvalue weighted by molar-refractivity contribution is -0.119. The number of amides is 1. The van der Waals surface area contributed by atoms with Crippen LogP contribution in [-0.2, 0) is 17.8 Å². The monoisotopic (exact) mass is 342 g/mol. The number of hydrogen-bond acceptors (Lipinski definition) is 3. The van der Waals surface area contributed by atoms with Crippen LogP contribution in [0.1, 0.15) is 17.5 Å². The number of halogens is 1. The van der Waals surface area contributed by atoms with Gasteiger partial charge < -0.3 is 9.64 Å². The fraction of sp³-hybridized carbons (Fsp3) is 0.350. The molecule has 0 fully saturated rings. The molecule has 5 heteroatoms. The van der Waals surface area contributed by atoms with Gasteiger partial charge in [0.1, 0.15) is 0 Å². The summed E-state index contributed by atoms with van der Waals surface area (Å²) in [5.41, 5.74) is 3.05. The minimum Gasteiger partial charge on any atom is -0.494 e. The van der Waals surface area contributed by atoms with E-state index in [1.165, 1.54) is 18.7 Å². The van der Waals surface area contributed by atoms with Gasteiger partial charge in [-0.05, 0) is 49.2 Å². The largest absolute Gasteiger partial charge is 0.494 e. The Hall–Kier alpha value is -2.40. The lowest BCUT2D eigenvalue weighted by Gasteiger charge is -2.31. The van der Waals surface area contributed by atoms with Crippen molar-refractivity contribution in [2.45, 2.75) is 19.4 Å². The summed E-state index contributed by atoms with van der Waals surface area (Å²) in [4.78, 5) is 16.5. The summed E-state index contributed by atoms with van der Waals surface area (Å²) >= 11 is 0. The Kier molecular flexibility index (Phi) is 5.34. The van der Waals surface area contributed by atoms with E-state index in [0.717, 1.165) is 30.6 Å². The molecule has 4 nitrogen and oxygen atoms in total. The van der Waals surface area contributed by atoms with Crippen LogP contribution < -0.4 is 9.64 Å². The summed E-state index contributed by atoms with van der Waals surface area (Å²) in [6, 6.07) is 12.9. The van der Waals surface area contributed by atoms with Crippen LogP contribution in [-0.4, -0.2) is 38.1 Å². The smallest absolute Gasteiger partial charge is 0.241 e. The fourth-order valence-electron chi connectivity index (χ4n) is 3.28. The number of benzene rings is 2. The summed E-state index contributed by atoms with van der Waals surface area (Å²) in [5, 5.41) is 0. The first-order valence-corrected chi connectivity index (χ1v) is 8.47. The molecule has 0 bridgehead atoms. The van der Waals surface area contributed by atoms with E-state index in [0.29, 0.717) is 13.1 Å².